The number of pyridine rings is 1. The number of benzene rings is 1. The standard InChI is InChI=1S/C20H22N4O2S/c21-19(26)14-10-23-20(24-15-7-4-8-22-16(15)11-25)13-9-17(27-18(13)14)12-5-2-1-3-6-12/h1-3,5-6,9-10,15-16,22,25H,4,7-8,11H2,(H2,21,26)(H,23,24). The highest BCUT2D eigenvalue weighted by Gasteiger charge is 2.25. The van der Waals surface area contributed by atoms with Crippen LogP contribution in [0.5, 0.6) is 0 Å². The molecule has 0 saturated carbocycles. The molecule has 4 rings (SSSR count). The zero-order valence-corrected chi connectivity index (χ0v) is 15.6. The predicted octanol–water partition coefficient (Wildman–Crippen LogP) is 2.59. The molecule has 1 saturated heterocycles. The molecule has 0 spiro atoms. The molecule has 7 heteroatoms. The number of fused-ring (bicyclic) bond motifs is 1. The second-order valence-electron chi connectivity index (χ2n) is 6.74. The number of hydrogen-bond donors (Lipinski definition) is 4. The van der Waals surface area contributed by atoms with Crippen LogP contribution in [0.2, 0.25) is 0 Å². The third-order valence-corrected chi connectivity index (χ3v) is 6.20. The third kappa shape index (κ3) is 3.53. The number of aliphatic hydroxyl groups excluding tert-OH is 1. The van der Waals surface area contributed by atoms with Crippen LogP contribution in [0.3, 0.4) is 0 Å². The Balaban J connectivity index is 1.78. The number of amides is 1. The molecule has 0 radical (unpaired) electrons. The van der Waals surface area contributed by atoms with Gasteiger partial charge in [0, 0.05) is 22.5 Å². The smallest absolute Gasteiger partial charge is 0.251 e. The summed E-state index contributed by atoms with van der Waals surface area (Å²) in [7, 11) is 0. The van der Waals surface area contributed by atoms with Gasteiger partial charge in [0.15, 0.2) is 0 Å². The Hall–Kier alpha value is -2.48. The van der Waals surface area contributed by atoms with Gasteiger partial charge in [-0.2, -0.15) is 0 Å². The molecule has 2 unspecified atom stereocenters. The van der Waals surface area contributed by atoms with Gasteiger partial charge in [0.2, 0.25) is 0 Å². The first-order valence-electron chi connectivity index (χ1n) is 9.06. The van der Waals surface area contributed by atoms with Gasteiger partial charge in [0.25, 0.3) is 5.91 Å². The minimum Gasteiger partial charge on any atom is -0.395 e. The Labute approximate surface area is 161 Å². The summed E-state index contributed by atoms with van der Waals surface area (Å²) >= 11 is 1.54. The van der Waals surface area contributed by atoms with Crippen LogP contribution in [-0.4, -0.2) is 41.2 Å². The van der Waals surface area contributed by atoms with Crippen molar-refractivity contribution in [3.8, 4) is 10.4 Å². The Morgan fingerprint density at radius 1 is 1.37 bits per heavy atom. The Morgan fingerprint density at radius 3 is 2.93 bits per heavy atom. The van der Waals surface area contributed by atoms with Gasteiger partial charge in [-0.25, -0.2) is 4.98 Å². The van der Waals surface area contributed by atoms with Crippen molar-refractivity contribution in [2.45, 2.75) is 24.9 Å². The number of aliphatic hydroxyl groups is 1. The average Bonchev–Trinajstić information content (AvgIpc) is 3.15. The molecule has 3 aromatic rings. The van der Waals surface area contributed by atoms with Crippen LogP contribution in [0.4, 0.5) is 5.82 Å². The van der Waals surface area contributed by atoms with Crippen molar-refractivity contribution in [2.24, 2.45) is 5.73 Å². The number of aromatic nitrogens is 1. The molecule has 1 aromatic carbocycles. The fourth-order valence-corrected chi connectivity index (χ4v) is 4.73. The van der Waals surface area contributed by atoms with E-state index in [1.807, 2.05) is 30.3 Å². The van der Waals surface area contributed by atoms with E-state index in [0.29, 0.717) is 5.56 Å². The number of anilines is 1. The van der Waals surface area contributed by atoms with E-state index in [9.17, 15) is 9.90 Å². The first-order valence-corrected chi connectivity index (χ1v) is 9.87. The number of carbonyl (C=O) groups excluding carboxylic acids is 1. The molecular weight excluding hydrogens is 360 g/mol. The number of primary amides is 1. The maximum atomic E-state index is 11.9. The zero-order valence-electron chi connectivity index (χ0n) is 14.8. The van der Waals surface area contributed by atoms with E-state index in [-0.39, 0.29) is 18.7 Å². The minimum atomic E-state index is -0.479. The minimum absolute atomic E-state index is 0.0151. The molecule has 5 N–H and O–H groups in total. The van der Waals surface area contributed by atoms with Gasteiger partial charge in [0.05, 0.1) is 22.9 Å². The van der Waals surface area contributed by atoms with Gasteiger partial charge in [-0.1, -0.05) is 30.3 Å². The van der Waals surface area contributed by atoms with Crippen LogP contribution >= 0.6 is 11.3 Å². The highest BCUT2D eigenvalue weighted by atomic mass is 32.1. The molecule has 6 nitrogen and oxygen atoms in total. The summed E-state index contributed by atoms with van der Waals surface area (Å²) in [4.78, 5) is 17.4. The van der Waals surface area contributed by atoms with E-state index < -0.39 is 5.91 Å². The average molecular weight is 382 g/mol. The van der Waals surface area contributed by atoms with Crippen LogP contribution in [0.1, 0.15) is 23.2 Å². The summed E-state index contributed by atoms with van der Waals surface area (Å²) in [6.07, 6.45) is 3.53. The van der Waals surface area contributed by atoms with E-state index in [2.05, 4.69) is 21.7 Å². The number of piperidine rings is 1. The maximum absolute atomic E-state index is 11.9. The number of nitrogens with zero attached hydrogens (tertiary/aromatic N) is 1. The van der Waals surface area contributed by atoms with Gasteiger partial charge in [-0.15, -0.1) is 11.3 Å². The topological polar surface area (TPSA) is 100 Å². The Morgan fingerprint density at radius 2 is 2.19 bits per heavy atom. The molecule has 1 fully saturated rings. The number of nitrogens with two attached hydrogens (primary N) is 1. The van der Waals surface area contributed by atoms with Crippen LogP contribution < -0.4 is 16.4 Å². The van der Waals surface area contributed by atoms with Crippen LogP contribution in [-0.2, 0) is 0 Å². The van der Waals surface area contributed by atoms with Crippen molar-refractivity contribution in [1.82, 2.24) is 10.3 Å². The second kappa shape index (κ2) is 7.64. The largest absolute Gasteiger partial charge is 0.395 e. The molecular formula is C20H22N4O2S. The number of hydrogen-bond acceptors (Lipinski definition) is 6. The summed E-state index contributed by atoms with van der Waals surface area (Å²) in [5.74, 6) is 0.244. The Kier molecular flexibility index (Phi) is 5.07. The lowest BCUT2D eigenvalue weighted by Crippen LogP contribution is -2.50. The fourth-order valence-electron chi connectivity index (χ4n) is 3.55. The molecule has 27 heavy (non-hydrogen) atoms. The normalized spacial score (nSPS) is 19.9. The van der Waals surface area contributed by atoms with E-state index in [1.54, 1.807) is 17.5 Å². The summed E-state index contributed by atoms with van der Waals surface area (Å²) in [5.41, 5.74) is 7.09. The molecule has 1 amide bonds. The summed E-state index contributed by atoms with van der Waals surface area (Å²) in [6.45, 7) is 0.975. The van der Waals surface area contributed by atoms with Crippen molar-refractivity contribution in [1.29, 1.82) is 0 Å². The summed E-state index contributed by atoms with van der Waals surface area (Å²) < 4.78 is 0.836. The quantitative estimate of drug-likeness (QED) is 0.543. The SMILES string of the molecule is NC(=O)c1cnc(NC2CCCNC2CO)c2cc(-c3ccccc3)sc12. The second-order valence-corrected chi connectivity index (χ2v) is 7.79. The van der Waals surface area contributed by atoms with E-state index in [4.69, 9.17) is 5.73 Å². The summed E-state index contributed by atoms with van der Waals surface area (Å²) in [5, 5.41) is 17.3. The van der Waals surface area contributed by atoms with E-state index >= 15 is 0 Å². The third-order valence-electron chi connectivity index (χ3n) is 4.98. The molecule has 140 valence electrons. The van der Waals surface area contributed by atoms with Gasteiger partial charge in [0.1, 0.15) is 5.82 Å². The van der Waals surface area contributed by atoms with Gasteiger partial charge in [-0.3, -0.25) is 4.79 Å². The first kappa shape index (κ1) is 17.9. The van der Waals surface area contributed by atoms with Crippen molar-refractivity contribution < 1.29 is 9.90 Å². The molecule has 1 aliphatic heterocycles. The lowest BCUT2D eigenvalue weighted by molar-refractivity contribution is 0.100. The highest BCUT2D eigenvalue weighted by Crippen LogP contribution is 2.38. The lowest BCUT2D eigenvalue weighted by Gasteiger charge is -2.32. The molecule has 0 bridgehead atoms. The van der Waals surface area contributed by atoms with Crippen molar-refractivity contribution in [2.75, 3.05) is 18.5 Å². The van der Waals surface area contributed by atoms with Crippen molar-refractivity contribution >= 4 is 33.1 Å². The summed E-state index contributed by atoms with van der Waals surface area (Å²) in [6, 6.07) is 12.2. The molecule has 0 aliphatic carbocycles. The predicted molar refractivity (Wildman–Crippen MR) is 109 cm³/mol. The van der Waals surface area contributed by atoms with Crippen LogP contribution in [0.25, 0.3) is 20.5 Å². The van der Waals surface area contributed by atoms with Gasteiger partial charge in [-0.05, 0) is 31.0 Å². The monoisotopic (exact) mass is 382 g/mol. The molecule has 2 atom stereocenters. The fraction of sp³-hybridized carbons (Fsp3) is 0.300. The van der Waals surface area contributed by atoms with Crippen LogP contribution in [0.15, 0.2) is 42.6 Å². The maximum Gasteiger partial charge on any atom is 0.251 e. The number of thiophene rings is 1. The van der Waals surface area contributed by atoms with E-state index in [0.717, 1.165) is 45.7 Å². The van der Waals surface area contributed by atoms with Crippen molar-refractivity contribution in [3.05, 3.63) is 48.2 Å². The van der Waals surface area contributed by atoms with Gasteiger partial charge >= 0.3 is 0 Å². The van der Waals surface area contributed by atoms with Crippen LogP contribution in [0, 0.1) is 0 Å². The van der Waals surface area contributed by atoms with Gasteiger partial charge < -0.3 is 21.5 Å². The number of carbonyl (C=O) groups is 1. The number of nitrogens with one attached hydrogen (secondary N) is 2. The lowest BCUT2D eigenvalue weighted by atomic mass is 9.99. The Bertz CT molecular complexity index is 957. The molecule has 1 aliphatic rings. The first-order chi connectivity index (χ1) is 13.2. The zero-order chi connectivity index (χ0) is 18.8. The van der Waals surface area contributed by atoms with E-state index in [1.165, 1.54) is 0 Å². The number of rotatable bonds is 5. The van der Waals surface area contributed by atoms with Crippen molar-refractivity contribution in [3.63, 3.8) is 0 Å². The molecule has 2 aromatic heterocycles. The molecule has 3 heterocycles. The highest BCUT2D eigenvalue weighted by molar-refractivity contribution is 7.22.